The van der Waals surface area contributed by atoms with E-state index < -0.39 is 29.6 Å². The summed E-state index contributed by atoms with van der Waals surface area (Å²) >= 11 is 0. The first-order valence-corrected chi connectivity index (χ1v) is 13.6. The van der Waals surface area contributed by atoms with Gasteiger partial charge in [0.15, 0.2) is 5.78 Å². The van der Waals surface area contributed by atoms with Crippen molar-refractivity contribution in [1.82, 2.24) is 10.2 Å². The van der Waals surface area contributed by atoms with Crippen molar-refractivity contribution in [1.29, 1.82) is 0 Å². The lowest BCUT2D eigenvalue weighted by Gasteiger charge is -2.27. The van der Waals surface area contributed by atoms with E-state index in [1.165, 1.54) is 38.5 Å². The molecule has 8 atom stereocenters. The standard InChI is InChI=1S/C30H40N2O5/c1-4-19-16-21-17-20-10-8-9-13-25(35)31-15-14-24(34)28-29(36)27(30(37)32(28)3)23(33)12-7-5-6-11-22(20)26(21)18(19)2/h5-10,12-13,18-22,24,26,28,33-34H,4,11,14-17H2,1-3H3,(H,31,35)/t18-,19+,20+,21+,22+,24-,26+,28-/m0/s1. The van der Waals surface area contributed by atoms with E-state index in [0.29, 0.717) is 23.7 Å². The van der Waals surface area contributed by atoms with E-state index in [9.17, 15) is 24.6 Å². The first kappa shape index (κ1) is 27.1. The number of allylic oxidation sites excluding steroid dienone is 7. The molecule has 3 fully saturated rings. The number of likely N-dealkylation sites (N-methyl/N-ethyl adjacent to an activating group) is 1. The summed E-state index contributed by atoms with van der Waals surface area (Å²) in [6.07, 6.45) is 18.0. The molecule has 4 rings (SSSR count). The van der Waals surface area contributed by atoms with Crippen LogP contribution in [0.3, 0.4) is 0 Å². The number of hydrogen-bond donors (Lipinski definition) is 3. The van der Waals surface area contributed by atoms with Gasteiger partial charge in [-0.3, -0.25) is 14.4 Å². The van der Waals surface area contributed by atoms with Crippen LogP contribution in [-0.4, -0.2) is 58.4 Å². The third-order valence-corrected chi connectivity index (χ3v) is 9.10. The molecule has 2 heterocycles. The highest BCUT2D eigenvalue weighted by atomic mass is 16.3. The predicted octanol–water partition coefficient (Wildman–Crippen LogP) is 3.64. The van der Waals surface area contributed by atoms with E-state index in [4.69, 9.17) is 0 Å². The van der Waals surface area contributed by atoms with Gasteiger partial charge in [0.1, 0.15) is 17.4 Å². The van der Waals surface area contributed by atoms with Crippen molar-refractivity contribution < 1.29 is 24.6 Å². The summed E-state index contributed by atoms with van der Waals surface area (Å²) in [4.78, 5) is 39.0. The Bertz CT molecular complexity index is 1050. The zero-order chi connectivity index (χ0) is 26.7. The molecule has 0 unspecified atom stereocenters. The van der Waals surface area contributed by atoms with Crippen LogP contribution >= 0.6 is 0 Å². The summed E-state index contributed by atoms with van der Waals surface area (Å²) < 4.78 is 0. The number of ketones is 1. The van der Waals surface area contributed by atoms with Gasteiger partial charge >= 0.3 is 0 Å². The number of hydrogen-bond acceptors (Lipinski definition) is 5. The van der Waals surface area contributed by atoms with Crippen LogP contribution in [0.1, 0.15) is 46.0 Å². The minimum absolute atomic E-state index is 0.0968. The number of aliphatic hydroxyl groups is 2. The van der Waals surface area contributed by atoms with Crippen molar-refractivity contribution in [3.05, 3.63) is 59.9 Å². The number of aliphatic hydroxyl groups excluding tert-OH is 2. The summed E-state index contributed by atoms with van der Waals surface area (Å²) in [6.45, 7) is 4.84. The Morgan fingerprint density at radius 3 is 2.59 bits per heavy atom. The maximum atomic E-state index is 12.9. The summed E-state index contributed by atoms with van der Waals surface area (Å²) in [6, 6.07) is -1.10. The number of rotatable bonds is 1. The summed E-state index contributed by atoms with van der Waals surface area (Å²) in [5.41, 5.74) is -0.313. The fourth-order valence-corrected chi connectivity index (χ4v) is 7.25. The van der Waals surface area contributed by atoms with Crippen LogP contribution < -0.4 is 5.32 Å². The second-order valence-electron chi connectivity index (χ2n) is 11.1. The highest BCUT2D eigenvalue weighted by molar-refractivity contribution is 6.27. The first-order valence-electron chi connectivity index (χ1n) is 13.6. The molecule has 0 aromatic carbocycles. The molecule has 2 aliphatic carbocycles. The maximum absolute atomic E-state index is 12.9. The zero-order valence-electron chi connectivity index (χ0n) is 22.0. The van der Waals surface area contributed by atoms with Crippen molar-refractivity contribution >= 4 is 17.6 Å². The number of likely N-dealkylation sites (tertiary alicyclic amines) is 1. The van der Waals surface area contributed by atoms with Crippen LogP contribution in [-0.2, 0) is 14.4 Å². The van der Waals surface area contributed by atoms with Crippen LogP contribution in [0.2, 0.25) is 0 Å². The smallest absolute Gasteiger partial charge is 0.261 e. The number of amides is 2. The van der Waals surface area contributed by atoms with E-state index in [1.54, 1.807) is 12.2 Å². The van der Waals surface area contributed by atoms with Crippen molar-refractivity contribution in [3.8, 4) is 0 Å². The Kier molecular flexibility index (Phi) is 8.53. The molecule has 7 nitrogen and oxygen atoms in total. The minimum Gasteiger partial charge on any atom is -0.507 e. The number of carbonyl (C=O) groups excluding carboxylic acids is 3. The van der Waals surface area contributed by atoms with Crippen LogP contribution in [0.4, 0.5) is 0 Å². The summed E-state index contributed by atoms with van der Waals surface area (Å²) in [5.74, 6) is 1.89. The van der Waals surface area contributed by atoms with Crippen molar-refractivity contribution in [2.75, 3.05) is 13.6 Å². The number of Topliss-reactive ketones (excluding diaryl/α,β-unsaturated/α-hetero) is 1. The topological polar surface area (TPSA) is 107 Å². The second kappa shape index (κ2) is 11.6. The summed E-state index contributed by atoms with van der Waals surface area (Å²) in [7, 11) is 1.43. The predicted molar refractivity (Wildman–Crippen MR) is 142 cm³/mol. The molecule has 0 spiro atoms. The molecule has 2 bridgehead atoms. The number of carbonyl (C=O) groups is 3. The molecule has 1 saturated heterocycles. The van der Waals surface area contributed by atoms with Gasteiger partial charge in [-0.25, -0.2) is 0 Å². The molecular formula is C30H40N2O5. The fourth-order valence-electron chi connectivity index (χ4n) is 7.25. The lowest BCUT2D eigenvalue weighted by Crippen LogP contribution is -2.43. The second-order valence-corrected chi connectivity index (χ2v) is 11.1. The van der Waals surface area contributed by atoms with E-state index in [0.717, 1.165) is 23.2 Å². The third-order valence-electron chi connectivity index (χ3n) is 9.10. The van der Waals surface area contributed by atoms with Gasteiger partial charge in [-0.1, -0.05) is 56.7 Å². The Balaban J connectivity index is 1.60. The summed E-state index contributed by atoms with van der Waals surface area (Å²) in [5, 5.41) is 23.8. The fraction of sp³-hybridized carbons (Fsp3) is 0.567. The molecule has 2 amide bonds. The third kappa shape index (κ3) is 5.52. The van der Waals surface area contributed by atoms with Crippen LogP contribution in [0.15, 0.2) is 59.9 Å². The van der Waals surface area contributed by atoms with Crippen molar-refractivity contribution in [2.45, 2.75) is 58.1 Å². The van der Waals surface area contributed by atoms with Gasteiger partial charge in [0.2, 0.25) is 5.91 Å². The Morgan fingerprint density at radius 2 is 1.84 bits per heavy atom. The average Bonchev–Trinajstić information content (AvgIpc) is 3.43. The Labute approximate surface area is 219 Å². The molecule has 0 radical (unpaired) electrons. The van der Waals surface area contributed by atoms with Crippen LogP contribution in [0.25, 0.3) is 0 Å². The molecule has 0 aromatic heterocycles. The number of fused-ring (bicyclic) bond motifs is 5. The van der Waals surface area contributed by atoms with Gasteiger partial charge in [0.25, 0.3) is 5.91 Å². The van der Waals surface area contributed by atoms with E-state index in [-0.39, 0.29) is 24.4 Å². The highest BCUT2D eigenvalue weighted by Gasteiger charge is 2.50. The van der Waals surface area contributed by atoms with Crippen LogP contribution in [0, 0.1) is 35.5 Å². The average molecular weight is 509 g/mol. The molecule has 2 aliphatic heterocycles. The Morgan fingerprint density at radius 1 is 1.08 bits per heavy atom. The molecule has 2 saturated carbocycles. The zero-order valence-corrected chi connectivity index (χ0v) is 22.0. The van der Waals surface area contributed by atoms with Crippen molar-refractivity contribution in [3.63, 3.8) is 0 Å². The van der Waals surface area contributed by atoms with E-state index >= 15 is 0 Å². The quantitative estimate of drug-likeness (QED) is 0.469. The highest BCUT2D eigenvalue weighted by Crippen LogP contribution is 2.57. The molecular weight excluding hydrogens is 468 g/mol. The maximum Gasteiger partial charge on any atom is 0.261 e. The minimum atomic E-state index is -1.17. The lowest BCUT2D eigenvalue weighted by atomic mass is 9.78. The molecule has 37 heavy (non-hydrogen) atoms. The molecule has 4 aliphatic rings. The van der Waals surface area contributed by atoms with E-state index in [1.807, 2.05) is 12.2 Å². The molecule has 0 aromatic rings. The van der Waals surface area contributed by atoms with Gasteiger partial charge in [0.05, 0.1) is 6.10 Å². The van der Waals surface area contributed by atoms with Gasteiger partial charge in [-0.05, 0) is 67.3 Å². The van der Waals surface area contributed by atoms with E-state index in [2.05, 4.69) is 31.3 Å². The van der Waals surface area contributed by atoms with Crippen LogP contribution in [0.5, 0.6) is 0 Å². The molecule has 200 valence electrons. The molecule has 7 heteroatoms. The molecule has 3 N–H and O–H groups in total. The van der Waals surface area contributed by atoms with Gasteiger partial charge < -0.3 is 20.4 Å². The largest absolute Gasteiger partial charge is 0.507 e. The number of nitrogens with one attached hydrogen (secondary N) is 1. The number of nitrogens with zero attached hydrogens (tertiary/aromatic N) is 1. The Hall–Kier alpha value is -2.93. The SMILES string of the molecule is CC[C@@H]1C[C@@H]2C[C@H]3C=CC=CC(=O)NCC[C@H](O)[C@H]4C(=O)C(=C(O)C=CC=CC[C@H]3[C@@H]2[C@H]1C)C(=O)N4C. The van der Waals surface area contributed by atoms with Gasteiger partial charge in [-0.2, -0.15) is 0 Å². The lowest BCUT2D eigenvalue weighted by molar-refractivity contribution is -0.128. The van der Waals surface area contributed by atoms with Crippen molar-refractivity contribution in [2.24, 2.45) is 35.5 Å². The monoisotopic (exact) mass is 508 g/mol. The first-order chi connectivity index (χ1) is 17.7. The van der Waals surface area contributed by atoms with Gasteiger partial charge in [-0.15, -0.1) is 0 Å². The normalized spacial score (nSPS) is 37.2. The van der Waals surface area contributed by atoms with Gasteiger partial charge in [0, 0.05) is 19.7 Å².